The summed E-state index contributed by atoms with van der Waals surface area (Å²) < 4.78 is 44.4. The second-order valence-electron chi connectivity index (χ2n) is 6.56. The van der Waals surface area contributed by atoms with Crippen molar-refractivity contribution in [3.05, 3.63) is 35.4 Å². The van der Waals surface area contributed by atoms with Crippen LogP contribution >= 0.6 is 0 Å². The van der Waals surface area contributed by atoms with Gasteiger partial charge in [-0.3, -0.25) is 4.90 Å². The lowest BCUT2D eigenvalue weighted by atomic mass is 10.1. The lowest BCUT2D eigenvalue weighted by molar-refractivity contribution is -0.138. The largest absolute Gasteiger partial charge is 0.416 e. The van der Waals surface area contributed by atoms with Crippen LogP contribution in [0.15, 0.2) is 24.3 Å². The number of morpholine rings is 1. The first-order valence-electron chi connectivity index (χ1n) is 8.60. The molecule has 1 aliphatic rings. The minimum atomic E-state index is -4.29. The molecular weight excluding hydrogens is 317 g/mol. The van der Waals surface area contributed by atoms with Crippen LogP contribution in [0.4, 0.5) is 13.2 Å². The average molecular weight is 344 g/mol. The van der Waals surface area contributed by atoms with Crippen molar-refractivity contribution in [2.24, 2.45) is 0 Å². The Bertz CT molecular complexity index is 497. The summed E-state index contributed by atoms with van der Waals surface area (Å²) in [4.78, 5) is 2.40. The van der Waals surface area contributed by atoms with Crippen LogP contribution < -0.4 is 5.32 Å². The number of nitrogens with zero attached hydrogens (tertiary/aromatic N) is 1. The van der Waals surface area contributed by atoms with Crippen LogP contribution in [0.5, 0.6) is 0 Å². The Balaban J connectivity index is 1.65. The molecular formula is C18H27F3N2O. The van der Waals surface area contributed by atoms with Gasteiger partial charge in [-0.15, -0.1) is 0 Å². The fraction of sp³-hybridized carbons (Fsp3) is 0.667. The Labute approximate surface area is 142 Å². The van der Waals surface area contributed by atoms with E-state index in [2.05, 4.69) is 24.1 Å². The summed E-state index contributed by atoms with van der Waals surface area (Å²) in [7, 11) is 0. The molecule has 1 saturated heterocycles. The second-order valence-corrected chi connectivity index (χ2v) is 6.56. The maximum atomic E-state index is 12.9. The van der Waals surface area contributed by atoms with Crippen LogP contribution in [-0.2, 0) is 17.5 Å². The maximum Gasteiger partial charge on any atom is 0.416 e. The highest BCUT2D eigenvalue weighted by Gasteiger charge is 2.32. The summed E-state index contributed by atoms with van der Waals surface area (Å²) in [6.07, 6.45) is -1.76. The minimum absolute atomic E-state index is 0.251. The van der Waals surface area contributed by atoms with E-state index in [1.54, 1.807) is 6.07 Å². The third kappa shape index (κ3) is 6.07. The average Bonchev–Trinajstić information content (AvgIpc) is 2.49. The Morgan fingerprint density at radius 3 is 2.46 bits per heavy atom. The van der Waals surface area contributed by atoms with E-state index in [0.717, 1.165) is 45.1 Å². The lowest BCUT2D eigenvalue weighted by Gasteiger charge is -2.35. The summed E-state index contributed by atoms with van der Waals surface area (Å²) in [6.45, 7) is 8.07. The third-order valence-electron chi connectivity index (χ3n) is 4.21. The molecule has 0 saturated carbocycles. The molecule has 1 aromatic carbocycles. The Morgan fingerprint density at radius 2 is 1.79 bits per heavy atom. The highest BCUT2D eigenvalue weighted by Crippen LogP contribution is 2.31. The number of benzene rings is 1. The molecule has 0 spiro atoms. The molecule has 1 aliphatic heterocycles. The normalized spacial score (nSPS) is 22.7. The zero-order valence-electron chi connectivity index (χ0n) is 14.4. The molecule has 0 amide bonds. The lowest BCUT2D eigenvalue weighted by Crippen LogP contribution is -2.45. The van der Waals surface area contributed by atoms with E-state index in [1.807, 2.05) is 0 Å². The van der Waals surface area contributed by atoms with Gasteiger partial charge in [-0.25, -0.2) is 0 Å². The molecule has 2 unspecified atom stereocenters. The molecule has 24 heavy (non-hydrogen) atoms. The predicted octanol–water partition coefficient (Wildman–Crippen LogP) is 3.68. The molecule has 2 atom stereocenters. The van der Waals surface area contributed by atoms with Crippen molar-refractivity contribution in [3.8, 4) is 0 Å². The molecule has 6 heteroatoms. The number of unbranched alkanes of at least 4 members (excludes halogenated alkanes) is 1. The summed E-state index contributed by atoms with van der Waals surface area (Å²) in [5.41, 5.74) is -0.241. The minimum Gasteiger partial charge on any atom is -0.373 e. The molecule has 1 N–H and O–H groups in total. The first-order valence-corrected chi connectivity index (χ1v) is 8.60. The highest BCUT2D eigenvalue weighted by atomic mass is 19.4. The standard InChI is InChI=1S/C18H27F3N2O/c1-14-12-23(13-15(2)24-14)10-6-5-9-22-11-16-7-3-4-8-17(16)18(19,20)21/h3-4,7-8,14-15,22H,5-6,9-13H2,1-2H3. The van der Waals surface area contributed by atoms with Gasteiger partial charge in [0, 0.05) is 19.6 Å². The fourth-order valence-corrected chi connectivity index (χ4v) is 3.23. The topological polar surface area (TPSA) is 24.5 Å². The van der Waals surface area contributed by atoms with Crippen molar-refractivity contribution in [2.45, 2.75) is 51.6 Å². The number of hydrogen-bond acceptors (Lipinski definition) is 3. The highest BCUT2D eigenvalue weighted by molar-refractivity contribution is 5.29. The van der Waals surface area contributed by atoms with Gasteiger partial charge in [-0.1, -0.05) is 18.2 Å². The Morgan fingerprint density at radius 1 is 1.12 bits per heavy atom. The van der Waals surface area contributed by atoms with Crippen LogP contribution in [0.1, 0.15) is 37.8 Å². The maximum absolute atomic E-state index is 12.9. The number of ether oxygens (including phenoxy) is 1. The smallest absolute Gasteiger partial charge is 0.373 e. The molecule has 0 radical (unpaired) electrons. The van der Waals surface area contributed by atoms with Crippen molar-refractivity contribution >= 4 is 0 Å². The van der Waals surface area contributed by atoms with E-state index < -0.39 is 11.7 Å². The van der Waals surface area contributed by atoms with E-state index in [1.165, 1.54) is 12.1 Å². The monoisotopic (exact) mass is 344 g/mol. The number of alkyl halides is 3. The van der Waals surface area contributed by atoms with Crippen molar-refractivity contribution in [1.29, 1.82) is 0 Å². The first kappa shape index (κ1) is 19.2. The Hall–Kier alpha value is -1.11. The molecule has 1 aromatic rings. The van der Waals surface area contributed by atoms with Crippen molar-refractivity contribution in [3.63, 3.8) is 0 Å². The zero-order valence-corrected chi connectivity index (χ0v) is 14.4. The third-order valence-corrected chi connectivity index (χ3v) is 4.21. The molecule has 136 valence electrons. The SMILES string of the molecule is CC1CN(CCCCNCc2ccccc2C(F)(F)F)CC(C)O1. The van der Waals surface area contributed by atoms with Crippen LogP contribution in [0, 0.1) is 0 Å². The van der Waals surface area contributed by atoms with E-state index >= 15 is 0 Å². The predicted molar refractivity (Wildman–Crippen MR) is 88.8 cm³/mol. The van der Waals surface area contributed by atoms with Crippen LogP contribution in [0.3, 0.4) is 0 Å². The molecule has 2 rings (SSSR count). The van der Waals surface area contributed by atoms with Gasteiger partial charge >= 0.3 is 6.18 Å². The number of nitrogens with one attached hydrogen (secondary N) is 1. The van der Waals surface area contributed by atoms with E-state index in [9.17, 15) is 13.2 Å². The molecule has 1 fully saturated rings. The van der Waals surface area contributed by atoms with E-state index in [-0.39, 0.29) is 18.8 Å². The second kappa shape index (κ2) is 8.83. The van der Waals surface area contributed by atoms with Gasteiger partial charge in [0.1, 0.15) is 0 Å². The summed E-state index contributed by atoms with van der Waals surface area (Å²) in [5, 5.41) is 3.13. The first-order chi connectivity index (χ1) is 11.4. The van der Waals surface area contributed by atoms with Gasteiger partial charge in [0.15, 0.2) is 0 Å². The van der Waals surface area contributed by atoms with Crippen LogP contribution in [0.2, 0.25) is 0 Å². The molecule has 3 nitrogen and oxygen atoms in total. The molecule has 0 bridgehead atoms. The van der Waals surface area contributed by atoms with Crippen molar-refractivity contribution in [1.82, 2.24) is 10.2 Å². The molecule has 0 aromatic heterocycles. The van der Waals surface area contributed by atoms with Gasteiger partial charge < -0.3 is 10.1 Å². The van der Waals surface area contributed by atoms with Gasteiger partial charge in [0.25, 0.3) is 0 Å². The van der Waals surface area contributed by atoms with E-state index in [4.69, 9.17) is 4.74 Å². The quantitative estimate of drug-likeness (QED) is 0.764. The number of hydrogen-bond donors (Lipinski definition) is 1. The van der Waals surface area contributed by atoms with Crippen molar-refractivity contribution < 1.29 is 17.9 Å². The summed E-state index contributed by atoms with van der Waals surface area (Å²) in [5.74, 6) is 0. The fourth-order valence-electron chi connectivity index (χ4n) is 3.23. The number of rotatable bonds is 7. The summed E-state index contributed by atoms with van der Waals surface area (Å²) >= 11 is 0. The van der Waals surface area contributed by atoms with Gasteiger partial charge in [-0.2, -0.15) is 13.2 Å². The molecule has 0 aliphatic carbocycles. The van der Waals surface area contributed by atoms with E-state index in [0.29, 0.717) is 5.56 Å². The number of halogens is 3. The van der Waals surface area contributed by atoms with Gasteiger partial charge in [0.2, 0.25) is 0 Å². The van der Waals surface area contributed by atoms with Crippen LogP contribution in [0.25, 0.3) is 0 Å². The summed E-state index contributed by atoms with van der Waals surface area (Å²) in [6, 6.07) is 5.74. The zero-order chi connectivity index (χ0) is 17.6. The van der Waals surface area contributed by atoms with Gasteiger partial charge in [-0.05, 0) is 51.4 Å². The van der Waals surface area contributed by atoms with Gasteiger partial charge in [0.05, 0.1) is 17.8 Å². The Kier molecular flexibility index (Phi) is 7.07. The van der Waals surface area contributed by atoms with Crippen LogP contribution in [-0.4, -0.2) is 43.3 Å². The molecule has 1 heterocycles. The van der Waals surface area contributed by atoms with Crippen molar-refractivity contribution in [2.75, 3.05) is 26.2 Å².